The van der Waals surface area contributed by atoms with E-state index in [2.05, 4.69) is 0 Å². The van der Waals surface area contributed by atoms with Gasteiger partial charge in [0.15, 0.2) is 12.4 Å². The van der Waals surface area contributed by atoms with Crippen LogP contribution in [-0.2, 0) is 14.3 Å². The van der Waals surface area contributed by atoms with E-state index in [9.17, 15) is 19.2 Å². The van der Waals surface area contributed by atoms with Gasteiger partial charge < -0.3 is 14.4 Å². The highest BCUT2D eigenvalue weighted by atomic mass is 35.5. The minimum atomic E-state index is -0.856. The van der Waals surface area contributed by atoms with E-state index in [1.165, 1.54) is 24.1 Å². The number of ketones is 1. The summed E-state index contributed by atoms with van der Waals surface area (Å²) in [5.41, 5.74) is -0.594. The molecule has 3 rings (SSSR count). The van der Waals surface area contributed by atoms with Gasteiger partial charge in [-0.15, -0.1) is 0 Å². The zero-order valence-corrected chi connectivity index (χ0v) is 17.2. The van der Waals surface area contributed by atoms with Gasteiger partial charge in [0, 0.05) is 12.6 Å². The number of imide groups is 1. The topological polar surface area (TPSA) is 93.2 Å². The molecule has 2 fully saturated rings. The Kier molecular flexibility index (Phi) is 6.12. The van der Waals surface area contributed by atoms with Gasteiger partial charge in [0.1, 0.15) is 17.8 Å². The summed E-state index contributed by atoms with van der Waals surface area (Å²) < 4.78 is 10.0. The molecule has 0 aromatic heterocycles. The van der Waals surface area contributed by atoms with Crippen molar-refractivity contribution >= 4 is 35.3 Å². The largest absolute Gasteiger partial charge is 0.495 e. The number of amides is 3. The maximum atomic E-state index is 12.9. The normalized spacial score (nSPS) is 18.3. The van der Waals surface area contributed by atoms with Crippen molar-refractivity contribution < 1.29 is 28.7 Å². The maximum Gasteiger partial charge on any atom is 0.327 e. The number of ether oxygens (including phenoxy) is 2. The van der Waals surface area contributed by atoms with Gasteiger partial charge in [-0.25, -0.2) is 4.79 Å². The molecule has 9 heteroatoms. The predicted molar refractivity (Wildman–Crippen MR) is 104 cm³/mol. The molecule has 8 nitrogen and oxygen atoms in total. The molecular formula is C20H23ClN2O6. The van der Waals surface area contributed by atoms with E-state index in [1.54, 1.807) is 13.1 Å². The van der Waals surface area contributed by atoms with Gasteiger partial charge in [-0.1, -0.05) is 30.9 Å². The van der Waals surface area contributed by atoms with Crippen molar-refractivity contribution in [3.8, 4) is 5.75 Å². The third-order valence-corrected chi connectivity index (χ3v) is 5.90. The average Bonchev–Trinajstić information content (AvgIpc) is 2.89. The van der Waals surface area contributed by atoms with Gasteiger partial charge in [0.05, 0.1) is 12.1 Å². The van der Waals surface area contributed by atoms with Gasteiger partial charge in [0.2, 0.25) is 0 Å². The van der Waals surface area contributed by atoms with Crippen LogP contribution in [0.5, 0.6) is 5.75 Å². The summed E-state index contributed by atoms with van der Waals surface area (Å²) in [6, 6.07) is 3.96. The first kappa shape index (κ1) is 21.1. The second-order valence-corrected chi connectivity index (χ2v) is 7.67. The number of hydrogen-bond donors (Lipinski definition) is 0. The number of likely N-dealkylation sites (N-methyl/N-ethyl adjacent to an activating group) is 1. The Bertz CT molecular complexity index is 849. The molecule has 1 saturated carbocycles. The van der Waals surface area contributed by atoms with Crippen molar-refractivity contribution in [2.24, 2.45) is 0 Å². The van der Waals surface area contributed by atoms with E-state index in [0.717, 1.165) is 24.2 Å². The number of halogens is 1. The number of nitrogens with zero attached hydrogens (tertiary/aromatic N) is 2. The summed E-state index contributed by atoms with van der Waals surface area (Å²) in [4.78, 5) is 52.1. The molecule has 2 aliphatic rings. The first-order valence-corrected chi connectivity index (χ1v) is 9.80. The number of benzene rings is 1. The number of methoxy groups -OCH3 is 1. The minimum absolute atomic E-state index is 0.262. The fourth-order valence-electron chi connectivity index (χ4n) is 3.92. The fraction of sp³-hybridized carbons (Fsp3) is 0.500. The standard InChI is InChI=1S/C20H23ClN2O6/c1-22-19(27)23(18(26)20(22)8-4-3-5-9-20)11-17(25)29-12-15(24)13-6-7-16(28-2)14(21)10-13/h6-7,10H,3-5,8-9,11-12H2,1-2H3. The highest BCUT2D eigenvalue weighted by Crippen LogP contribution is 2.39. The van der Waals surface area contributed by atoms with Crippen LogP contribution in [0.1, 0.15) is 42.5 Å². The van der Waals surface area contributed by atoms with Gasteiger partial charge in [-0.3, -0.25) is 19.3 Å². The molecule has 1 aromatic carbocycles. The summed E-state index contributed by atoms with van der Waals surface area (Å²) in [7, 11) is 3.05. The highest BCUT2D eigenvalue weighted by molar-refractivity contribution is 6.32. The molecule has 3 amide bonds. The van der Waals surface area contributed by atoms with Crippen molar-refractivity contribution in [1.82, 2.24) is 9.80 Å². The summed E-state index contributed by atoms with van der Waals surface area (Å²) in [6.07, 6.45) is 3.93. The molecule has 0 atom stereocenters. The lowest BCUT2D eigenvalue weighted by molar-refractivity contribution is -0.147. The molecule has 0 radical (unpaired) electrons. The third-order valence-electron chi connectivity index (χ3n) is 5.61. The first-order chi connectivity index (χ1) is 13.8. The molecule has 1 aromatic rings. The molecule has 1 spiro atoms. The summed E-state index contributed by atoms with van der Waals surface area (Å²) in [5.74, 6) is -1.22. The van der Waals surface area contributed by atoms with Crippen molar-refractivity contribution in [2.75, 3.05) is 27.3 Å². The zero-order chi connectivity index (χ0) is 21.2. The van der Waals surface area contributed by atoms with Crippen molar-refractivity contribution in [2.45, 2.75) is 37.6 Å². The van der Waals surface area contributed by atoms with E-state index >= 15 is 0 Å². The third kappa shape index (κ3) is 3.94. The molecule has 156 valence electrons. The molecule has 1 saturated heterocycles. The van der Waals surface area contributed by atoms with Crippen LogP contribution in [0, 0.1) is 0 Å². The number of rotatable bonds is 6. The fourth-order valence-corrected chi connectivity index (χ4v) is 4.17. The van der Waals surface area contributed by atoms with Crippen LogP contribution in [0.2, 0.25) is 5.02 Å². The van der Waals surface area contributed by atoms with Crippen LogP contribution < -0.4 is 4.74 Å². The Hall–Kier alpha value is -2.61. The van der Waals surface area contributed by atoms with Crippen LogP contribution >= 0.6 is 11.6 Å². The van der Waals surface area contributed by atoms with Gasteiger partial charge in [-0.05, 0) is 31.0 Å². The average molecular weight is 423 g/mol. The lowest BCUT2D eigenvalue weighted by atomic mass is 9.81. The number of carbonyl (C=O) groups excluding carboxylic acids is 4. The number of urea groups is 1. The number of Topliss-reactive ketones (excluding diaryl/α,β-unsaturated/α-hetero) is 1. The summed E-state index contributed by atoms with van der Waals surface area (Å²) >= 11 is 6.00. The molecule has 0 N–H and O–H groups in total. The second kappa shape index (κ2) is 8.41. The first-order valence-electron chi connectivity index (χ1n) is 9.42. The van der Waals surface area contributed by atoms with Gasteiger partial charge in [-0.2, -0.15) is 0 Å². The van der Waals surface area contributed by atoms with Crippen molar-refractivity contribution in [1.29, 1.82) is 0 Å². The van der Waals surface area contributed by atoms with Gasteiger partial charge in [0.25, 0.3) is 5.91 Å². The number of carbonyl (C=O) groups is 4. The second-order valence-electron chi connectivity index (χ2n) is 7.26. The molecule has 1 aliphatic heterocycles. The van der Waals surface area contributed by atoms with E-state index in [-0.39, 0.29) is 16.5 Å². The monoisotopic (exact) mass is 422 g/mol. The molecular weight excluding hydrogens is 400 g/mol. The van der Waals surface area contributed by atoms with Gasteiger partial charge >= 0.3 is 12.0 Å². The zero-order valence-electron chi connectivity index (χ0n) is 16.4. The van der Waals surface area contributed by atoms with E-state index in [1.807, 2.05) is 0 Å². The highest BCUT2D eigenvalue weighted by Gasteiger charge is 2.55. The van der Waals surface area contributed by atoms with E-state index in [4.69, 9.17) is 21.1 Å². The van der Waals surface area contributed by atoms with Crippen molar-refractivity contribution in [3.63, 3.8) is 0 Å². The molecule has 1 aliphatic carbocycles. The summed E-state index contributed by atoms with van der Waals surface area (Å²) in [6.45, 7) is -1.03. The minimum Gasteiger partial charge on any atom is -0.495 e. The van der Waals surface area contributed by atoms with E-state index < -0.39 is 36.5 Å². The van der Waals surface area contributed by atoms with Crippen molar-refractivity contribution in [3.05, 3.63) is 28.8 Å². The van der Waals surface area contributed by atoms with Crippen LogP contribution in [-0.4, -0.2) is 66.3 Å². The van der Waals surface area contributed by atoms with Crippen LogP contribution in [0.3, 0.4) is 0 Å². The van der Waals surface area contributed by atoms with Crippen LogP contribution in [0.4, 0.5) is 4.79 Å². The predicted octanol–water partition coefficient (Wildman–Crippen LogP) is 2.67. The lowest BCUT2D eigenvalue weighted by Gasteiger charge is -2.35. The molecule has 0 bridgehead atoms. The Balaban J connectivity index is 1.59. The SMILES string of the molecule is COc1ccc(C(=O)COC(=O)CN2C(=O)N(C)C3(CCCCC3)C2=O)cc1Cl. The Morgan fingerprint density at radius 3 is 2.48 bits per heavy atom. The quantitative estimate of drug-likeness (QED) is 0.397. The Labute approximate surface area is 173 Å². The van der Waals surface area contributed by atoms with Crippen LogP contribution in [0.25, 0.3) is 0 Å². The smallest absolute Gasteiger partial charge is 0.327 e. The summed E-state index contributed by atoms with van der Waals surface area (Å²) in [5, 5.41) is 0.263. The molecule has 29 heavy (non-hydrogen) atoms. The maximum absolute atomic E-state index is 12.9. The Morgan fingerprint density at radius 1 is 1.17 bits per heavy atom. The Morgan fingerprint density at radius 2 is 1.86 bits per heavy atom. The van der Waals surface area contributed by atoms with Crippen LogP contribution in [0.15, 0.2) is 18.2 Å². The number of hydrogen-bond acceptors (Lipinski definition) is 6. The number of esters is 1. The lowest BCUT2D eigenvalue weighted by Crippen LogP contribution is -2.49. The molecule has 0 unspecified atom stereocenters. The molecule has 1 heterocycles. The van der Waals surface area contributed by atoms with E-state index in [0.29, 0.717) is 18.6 Å².